The number of carbonyl (C=O) groups excluding carboxylic acids is 1. The molecule has 0 saturated carbocycles. The summed E-state index contributed by atoms with van der Waals surface area (Å²) in [5.41, 5.74) is 2.17. The Balaban J connectivity index is 2.05. The minimum atomic E-state index is -0.505. The Morgan fingerprint density at radius 2 is 1.76 bits per heavy atom. The Morgan fingerprint density at radius 3 is 2.32 bits per heavy atom. The topological polar surface area (TPSA) is 47.6 Å². The number of hydrogen-bond donors (Lipinski definition) is 1. The highest BCUT2D eigenvalue weighted by Gasteiger charge is 2.22. The second-order valence-corrected chi connectivity index (χ2v) is 6.07. The van der Waals surface area contributed by atoms with Crippen molar-refractivity contribution in [2.75, 3.05) is 7.11 Å². The highest BCUT2D eigenvalue weighted by atomic mass is 16.5. The first-order valence-electron chi connectivity index (χ1n) is 8.75. The van der Waals surface area contributed by atoms with Crippen molar-refractivity contribution in [1.29, 1.82) is 0 Å². The van der Waals surface area contributed by atoms with Crippen LogP contribution in [0.2, 0.25) is 0 Å². The number of methoxy groups -OCH3 is 1. The zero-order valence-corrected chi connectivity index (χ0v) is 15.4. The molecule has 4 heteroatoms. The normalized spacial score (nSPS) is 13.0. The number of aryl methyl sites for hydroxylation is 1. The predicted octanol–water partition coefficient (Wildman–Crippen LogP) is 4.43. The average molecular weight is 341 g/mol. The minimum absolute atomic E-state index is 0.0476. The van der Waals surface area contributed by atoms with Gasteiger partial charge in [0.25, 0.3) is 5.91 Å². The Labute approximate surface area is 150 Å². The molecule has 134 valence electrons. The van der Waals surface area contributed by atoms with Crippen LogP contribution < -0.4 is 14.8 Å². The van der Waals surface area contributed by atoms with E-state index >= 15 is 0 Å². The Bertz CT molecular complexity index is 682. The smallest absolute Gasteiger partial charge is 0.261 e. The van der Waals surface area contributed by atoms with Crippen molar-refractivity contribution in [2.24, 2.45) is 0 Å². The second kappa shape index (κ2) is 9.11. The van der Waals surface area contributed by atoms with Gasteiger partial charge in [-0.2, -0.15) is 0 Å². The van der Waals surface area contributed by atoms with E-state index in [0.29, 0.717) is 6.42 Å². The van der Waals surface area contributed by atoms with Crippen LogP contribution in [-0.2, 0) is 4.79 Å². The summed E-state index contributed by atoms with van der Waals surface area (Å²) in [5.74, 6) is 1.44. The summed E-state index contributed by atoms with van der Waals surface area (Å²) in [4.78, 5) is 12.7. The lowest BCUT2D eigenvalue weighted by Crippen LogP contribution is -2.39. The zero-order chi connectivity index (χ0) is 18.2. The summed E-state index contributed by atoms with van der Waals surface area (Å²) in [6.45, 7) is 6.01. The molecule has 0 radical (unpaired) electrons. The summed E-state index contributed by atoms with van der Waals surface area (Å²) in [7, 11) is 1.64. The van der Waals surface area contributed by atoms with Crippen molar-refractivity contribution in [3.05, 3.63) is 59.7 Å². The summed E-state index contributed by atoms with van der Waals surface area (Å²) >= 11 is 0. The SMILES string of the molecule is CC[C@@H](Oc1cccc(C)c1)C(=O)N[C@H](CC)c1ccc(OC)cc1. The minimum Gasteiger partial charge on any atom is -0.497 e. The Hall–Kier alpha value is -2.49. The molecule has 0 aliphatic heterocycles. The summed E-state index contributed by atoms with van der Waals surface area (Å²) in [5, 5.41) is 3.10. The fourth-order valence-electron chi connectivity index (χ4n) is 2.70. The number of amides is 1. The Morgan fingerprint density at radius 1 is 1.04 bits per heavy atom. The number of ether oxygens (including phenoxy) is 2. The molecule has 4 nitrogen and oxygen atoms in total. The van der Waals surface area contributed by atoms with Gasteiger partial charge in [0.15, 0.2) is 6.10 Å². The monoisotopic (exact) mass is 341 g/mol. The van der Waals surface area contributed by atoms with E-state index in [1.807, 2.05) is 62.4 Å². The van der Waals surface area contributed by atoms with Gasteiger partial charge in [-0.15, -0.1) is 0 Å². The number of benzene rings is 2. The van der Waals surface area contributed by atoms with Crippen molar-refractivity contribution >= 4 is 5.91 Å². The third kappa shape index (κ3) is 5.24. The van der Waals surface area contributed by atoms with Gasteiger partial charge in [-0.05, 0) is 55.2 Å². The third-order valence-corrected chi connectivity index (χ3v) is 4.17. The van der Waals surface area contributed by atoms with Gasteiger partial charge in [-0.3, -0.25) is 4.79 Å². The summed E-state index contributed by atoms with van der Waals surface area (Å²) in [6, 6.07) is 15.5. The van der Waals surface area contributed by atoms with E-state index in [4.69, 9.17) is 9.47 Å². The predicted molar refractivity (Wildman–Crippen MR) is 100 cm³/mol. The molecule has 2 rings (SSSR count). The molecule has 1 amide bonds. The lowest BCUT2D eigenvalue weighted by Gasteiger charge is -2.22. The van der Waals surface area contributed by atoms with Crippen LogP contribution in [0, 0.1) is 6.92 Å². The first kappa shape index (κ1) is 18.8. The van der Waals surface area contributed by atoms with Crippen LogP contribution in [0.5, 0.6) is 11.5 Å². The molecule has 0 saturated heterocycles. The van der Waals surface area contributed by atoms with Crippen LogP contribution >= 0.6 is 0 Å². The highest BCUT2D eigenvalue weighted by Crippen LogP contribution is 2.21. The lowest BCUT2D eigenvalue weighted by molar-refractivity contribution is -0.128. The van der Waals surface area contributed by atoms with Gasteiger partial charge in [0, 0.05) is 0 Å². The highest BCUT2D eigenvalue weighted by molar-refractivity contribution is 5.81. The fraction of sp³-hybridized carbons (Fsp3) is 0.381. The molecule has 2 aromatic rings. The van der Waals surface area contributed by atoms with E-state index in [9.17, 15) is 4.79 Å². The van der Waals surface area contributed by atoms with E-state index in [1.165, 1.54) is 0 Å². The van der Waals surface area contributed by atoms with Gasteiger partial charge in [0.1, 0.15) is 11.5 Å². The first-order chi connectivity index (χ1) is 12.1. The molecule has 25 heavy (non-hydrogen) atoms. The van der Waals surface area contributed by atoms with Crippen LogP contribution in [0.15, 0.2) is 48.5 Å². The van der Waals surface area contributed by atoms with Crippen molar-refractivity contribution in [3.8, 4) is 11.5 Å². The summed E-state index contributed by atoms with van der Waals surface area (Å²) in [6.07, 6.45) is 0.909. The molecule has 0 aliphatic rings. The van der Waals surface area contributed by atoms with Crippen molar-refractivity contribution in [2.45, 2.75) is 45.8 Å². The first-order valence-corrected chi connectivity index (χ1v) is 8.75. The lowest BCUT2D eigenvalue weighted by atomic mass is 10.0. The molecule has 0 heterocycles. The molecule has 0 fully saturated rings. The average Bonchev–Trinajstić information content (AvgIpc) is 2.64. The van der Waals surface area contributed by atoms with Crippen molar-refractivity contribution in [3.63, 3.8) is 0 Å². The van der Waals surface area contributed by atoms with E-state index in [0.717, 1.165) is 29.0 Å². The van der Waals surface area contributed by atoms with Crippen LogP contribution in [-0.4, -0.2) is 19.1 Å². The van der Waals surface area contributed by atoms with E-state index < -0.39 is 6.10 Å². The Kier molecular flexibility index (Phi) is 6.87. The van der Waals surface area contributed by atoms with Gasteiger partial charge >= 0.3 is 0 Å². The maximum Gasteiger partial charge on any atom is 0.261 e. The molecule has 2 atom stereocenters. The van der Waals surface area contributed by atoms with Crippen LogP contribution in [0.1, 0.15) is 43.9 Å². The molecule has 1 N–H and O–H groups in total. The molecule has 0 spiro atoms. The number of nitrogens with one attached hydrogen (secondary N) is 1. The van der Waals surface area contributed by atoms with Gasteiger partial charge < -0.3 is 14.8 Å². The molecule has 0 aromatic heterocycles. The van der Waals surface area contributed by atoms with Gasteiger partial charge in [0.2, 0.25) is 0 Å². The van der Waals surface area contributed by atoms with E-state index in [1.54, 1.807) is 7.11 Å². The molecular weight excluding hydrogens is 314 g/mol. The number of hydrogen-bond acceptors (Lipinski definition) is 3. The molecule has 0 bridgehead atoms. The maximum atomic E-state index is 12.7. The largest absolute Gasteiger partial charge is 0.497 e. The molecule has 0 aliphatic carbocycles. The van der Waals surface area contributed by atoms with E-state index in [2.05, 4.69) is 12.2 Å². The number of rotatable bonds is 8. The standard InChI is InChI=1S/C21H27NO3/c1-5-19(16-10-12-17(24-4)13-11-16)22-21(23)20(6-2)25-18-9-7-8-15(3)14-18/h7-14,19-20H,5-6H2,1-4H3,(H,22,23)/t19-,20-/m1/s1. The zero-order valence-electron chi connectivity index (χ0n) is 15.4. The van der Waals surface area contributed by atoms with Crippen molar-refractivity contribution in [1.82, 2.24) is 5.32 Å². The van der Waals surface area contributed by atoms with Gasteiger partial charge in [-0.1, -0.05) is 38.1 Å². The molecule has 0 unspecified atom stereocenters. The summed E-state index contributed by atoms with van der Waals surface area (Å²) < 4.78 is 11.1. The fourth-order valence-corrected chi connectivity index (χ4v) is 2.70. The quantitative estimate of drug-likeness (QED) is 0.773. The van der Waals surface area contributed by atoms with Crippen molar-refractivity contribution < 1.29 is 14.3 Å². The van der Waals surface area contributed by atoms with E-state index in [-0.39, 0.29) is 11.9 Å². The van der Waals surface area contributed by atoms with Gasteiger partial charge in [-0.25, -0.2) is 0 Å². The van der Waals surface area contributed by atoms with Crippen LogP contribution in [0.3, 0.4) is 0 Å². The van der Waals surface area contributed by atoms with Crippen LogP contribution in [0.4, 0.5) is 0 Å². The second-order valence-electron chi connectivity index (χ2n) is 6.07. The number of carbonyl (C=O) groups is 1. The maximum absolute atomic E-state index is 12.7. The van der Waals surface area contributed by atoms with Gasteiger partial charge in [0.05, 0.1) is 13.2 Å². The van der Waals surface area contributed by atoms with Crippen LogP contribution in [0.25, 0.3) is 0 Å². The molecule has 2 aromatic carbocycles. The third-order valence-electron chi connectivity index (χ3n) is 4.17. The molecular formula is C21H27NO3.